The SMILES string of the molecule is COc1cc(/C=N/NCC(=O)N2c3ccccc3Sc3ccccc32)c([N+](=O)[O-])cc1OC. The fourth-order valence-electron chi connectivity index (χ4n) is 3.43. The number of ether oxygens (including phenoxy) is 2. The van der Waals surface area contributed by atoms with Crippen LogP contribution in [0.4, 0.5) is 17.1 Å². The van der Waals surface area contributed by atoms with Crippen molar-refractivity contribution in [3.63, 3.8) is 0 Å². The summed E-state index contributed by atoms with van der Waals surface area (Å²) < 4.78 is 10.3. The Labute approximate surface area is 194 Å². The third kappa shape index (κ3) is 4.46. The lowest BCUT2D eigenvalue weighted by molar-refractivity contribution is -0.385. The molecule has 1 heterocycles. The summed E-state index contributed by atoms with van der Waals surface area (Å²) >= 11 is 1.61. The van der Waals surface area contributed by atoms with E-state index in [1.54, 1.807) is 16.7 Å². The van der Waals surface area contributed by atoms with Crippen LogP contribution in [0.5, 0.6) is 11.5 Å². The van der Waals surface area contributed by atoms with E-state index in [2.05, 4.69) is 10.5 Å². The van der Waals surface area contributed by atoms with E-state index in [0.29, 0.717) is 5.75 Å². The monoisotopic (exact) mass is 464 g/mol. The van der Waals surface area contributed by atoms with Crippen LogP contribution in [0.15, 0.2) is 75.6 Å². The molecular weight excluding hydrogens is 444 g/mol. The molecule has 0 saturated heterocycles. The number of nitro groups is 1. The summed E-state index contributed by atoms with van der Waals surface area (Å²) in [5.41, 5.74) is 4.32. The topological polar surface area (TPSA) is 106 Å². The lowest BCUT2D eigenvalue weighted by Gasteiger charge is -2.30. The minimum absolute atomic E-state index is 0.106. The van der Waals surface area contributed by atoms with Crippen molar-refractivity contribution in [2.24, 2.45) is 5.10 Å². The zero-order valence-corrected chi connectivity index (χ0v) is 18.7. The highest BCUT2D eigenvalue weighted by molar-refractivity contribution is 7.99. The molecule has 0 aromatic heterocycles. The number of benzene rings is 3. The molecule has 0 spiro atoms. The average Bonchev–Trinajstić information content (AvgIpc) is 2.84. The Morgan fingerprint density at radius 3 is 2.21 bits per heavy atom. The molecule has 0 saturated carbocycles. The fourth-order valence-corrected chi connectivity index (χ4v) is 4.48. The Hall–Kier alpha value is -4.05. The van der Waals surface area contributed by atoms with Crippen LogP contribution in [0, 0.1) is 10.1 Å². The van der Waals surface area contributed by atoms with Crippen LogP contribution in [0.3, 0.4) is 0 Å². The number of methoxy groups -OCH3 is 2. The lowest BCUT2D eigenvalue weighted by atomic mass is 10.1. The summed E-state index contributed by atoms with van der Waals surface area (Å²) in [6.07, 6.45) is 1.28. The van der Waals surface area contributed by atoms with Crippen LogP contribution < -0.4 is 19.8 Å². The Morgan fingerprint density at radius 2 is 1.64 bits per heavy atom. The molecule has 1 N–H and O–H groups in total. The minimum atomic E-state index is -0.534. The Morgan fingerprint density at radius 1 is 1.06 bits per heavy atom. The third-order valence-electron chi connectivity index (χ3n) is 4.94. The number of nitrogens with one attached hydrogen (secondary N) is 1. The van der Waals surface area contributed by atoms with Gasteiger partial charge in [0.2, 0.25) is 0 Å². The predicted octanol–water partition coefficient (Wildman–Crippen LogP) is 4.37. The van der Waals surface area contributed by atoms with Gasteiger partial charge in [0.1, 0.15) is 6.54 Å². The van der Waals surface area contributed by atoms with Gasteiger partial charge < -0.3 is 14.9 Å². The van der Waals surface area contributed by atoms with Gasteiger partial charge in [-0.25, -0.2) is 0 Å². The van der Waals surface area contributed by atoms with E-state index in [-0.39, 0.29) is 29.5 Å². The summed E-state index contributed by atoms with van der Waals surface area (Å²) in [5, 5.41) is 15.5. The maximum atomic E-state index is 13.1. The van der Waals surface area contributed by atoms with E-state index in [1.165, 1.54) is 32.6 Å². The number of hydrogen-bond acceptors (Lipinski definition) is 8. The van der Waals surface area contributed by atoms with E-state index in [9.17, 15) is 14.9 Å². The van der Waals surface area contributed by atoms with Crippen LogP contribution in [-0.2, 0) is 4.79 Å². The number of fused-ring (bicyclic) bond motifs is 2. The molecule has 33 heavy (non-hydrogen) atoms. The molecule has 0 unspecified atom stereocenters. The number of anilines is 2. The maximum absolute atomic E-state index is 13.1. The molecular formula is C23H20N4O5S. The first-order chi connectivity index (χ1) is 16.0. The van der Waals surface area contributed by atoms with Crippen molar-refractivity contribution in [1.29, 1.82) is 0 Å². The van der Waals surface area contributed by atoms with Crippen molar-refractivity contribution >= 4 is 40.9 Å². The number of amides is 1. The number of para-hydroxylation sites is 2. The number of rotatable bonds is 7. The molecule has 4 rings (SSSR count). The standard InChI is InChI=1S/C23H20N4O5S/c1-31-19-11-15(18(27(29)30)12-20(19)32-2)13-24-25-14-23(28)26-16-7-3-5-9-21(16)33-22-10-6-4-8-17(22)26/h3-13,25H,14H2,1-2H3/b24-13+. The molecule has 1 aliphatic rings. The van der Waals surface area contributed by atoms with Gasteiger partial charge in [0.15, 0.2) is 11.5 Å². The fraction of sp³-hybridized carbons (Fsp3) is 0.130. The first kappa shape index (κ1) is 22.2. The number of carbonyl (C=O) groups is 1. The second kappa shape index (κ2) is 9.61. The molecule has 0 atom stereocenters. The molecule has 0 radical (unpaired) electrons. The predicted molar refractivity (Wildman–Crippen MR) is 126 cm³/mol. The summed E-state index contributed by atoms with van der Waals surface area (Å²) in [6, 6.07) is 18.1. The summed E-state index contributed by atoms with van der Waals surface area (Å²) in [4.78, 5) is 27.6. The number of nitrogens with zero attached hydrogens (tertiary/aromatic N) is 3. The first-order valence-corrected chi connectivity index (χ1v) is 10.7. The molecule has 168 valence electrons. The number of hydrazone groups is 1. The average molecular weight is 465 g/mol. The van der Waals surface area contributed by atoms with Crippen molar-refractivity contribution in [2.75, 3.05) is 25.7 Å². The van der Waals surface area contributed by atoms with Gasteiger partial charge in [-0.15, -0.1) is 0 Å². The van der Waals surface area contributed by atoms with Gasteiger partial charge in [-0.3, -0.25) is 19.8 Å². The highest BCUT2D eigenvalue weighted by atomic mass is 32.2. The van der Waals surface area contributed by atoms with Crippen LogP contribution in [0.1, 0.15) is 5.56 Å². The number of hydrogen-bond donors (Lipinski definition) is 1. The summed E-state index contributed by atoms with van der Waals surface area (Å²) in [6.45, 7) is -0.106. The Balaban J connectivity index is 1.54. The number of carbonyl (C=O) groups excluding carboxylic acids is 1. The Kier molecular flexibility index (Phi) is 6.45. The van der Waals surface area contributed by atoms with E-state index in [4.69, 9.17) is 9.47 Å². The van der Waals surface area contributed by atoms with Crippen molar-refractivity contribution in [1.82, 2.24) is 5.43 Å². The summed E-state index contributed by atoms with van der Waals surface area (Å²) in [5.74, 6) is 0.360. The molecule has 0 aliphatic carbocycles. The van der Waals surface area contributed by atoms with Gasteiger partial charge >= 0.3 is 0 Å². The quantitative estimate of drug-likeness (QED) is 0.314. The molecule has 0 bridgehead atoms. The van der Waals surface area contributed by atoms with E-state index < -0.39 is 4.92 Å². The Bertz CT molecular complexity index is 1200. The third-order valence-corrected chi connectivity index (χ3v) is 6.07. The molecule has 1 amide bonds. The number of nitro benzene ring substituents is 1. The molecule has 0 fully saturated rings. The molecule has 3 aromatic rings. The second-order valence-corrected chi connectivity index (χ2v) is 7.97. The molecule has 10 heteroatoms. The van der Waals surface area contributed by atoms with Crippen LogP contribution in [-0.4, -0.2) is 37.8 Å². The van der Waals surface area contributed by atoms with Gasteiger partial charge in [0.05, 0.1) is 48.4 Å². The van der Waals surface area contributed by atoms with Gasteiger partial charge in [-0.2, -0.15) is 5.10 Å². The van der Waals surface area contributed by atoms with Gasteiger partial charge in [-0.1, -0.05) is 36.0 Å². The van der Waals surface area contributed by atoms with E-state index in [1.807, 2.05) is 48.5 Å². The van der Waals surface area contributed by atoms with Gasteiger partial charge in [0, 0.05) is 9.79 Å². The molecule has 9 nitrogen and oxygen atoms in total. The normalized spacial score (nSPS) is 12.1. The largest absolute Gasteiger partial charge is 0.493 e. The zero-order valence-electron chi connectivity index (χ0n) is 17.8. The highest BCUT2D eigenvalue weighted by Crippen LogP contribution is 2.47. The first-order valence-electron chi connectivity index (χ1n) is 9.88. The van der Waals surface area contributed by atoms with Crippen LogP contribution >= 0.6 is 11.8 Å². The second-order valence-electron chi connectivity index (χ2n) is 6.88. The smallest absolute Gasteiger partial charge is 0.282 e. The van der Waals surface area contributed by atoms with Crippen molar-refractivity contribution in [3.8, 4) is 11.5 Å². The van der Waals surface area contributed by atoms with Crippen molar-refractivity contribution in [2.45, 2.75) is 9.79 Å². The van der Waals surface area contributed by atoms with Crippen LogP contribution in [0.2, 0.25) is 0 Å². The highest BCUT2D eigenvalue weighted by Gasteiger charge is 2.27. The zero-order chi connectivity index (χ0) is 23.4. The summed E-state index contributed by atoms with van der Waals surface area (Å²) in [7, 11) is 2.84. The van der Waals surface area contributed by atoms with Crippen molar-refractivity contribution < 1.29 is 19.2 Å². The molecule has 3 aromatic carbocycles. The minimum Gasteiger partial charge on any atom is -0.493 e. The van der Waals surface area contributed by atoms with E-state index in [0.717, 1.165) is 21.2 Å². The van der Waals surface area contributed by atoms with Crippen molar-refractivity contribution in [3.05, 3.63) is 76.3 Å². The molecule has 1 aliphatic heterocycles. The van der Waals surface area contributed by atoms with Crippen LogP contribution in [0.25, 0.3) is 0 Å². The van der Waals surface area contributed by atoms with Gasteiger partial charge in [-0.05, 0) is 30.3 Å². The van der Waals surface area contributed by atoms with Gasteiger partial charge in [0.25, 0.3) is 11.6 Å². The maximum Gasteiger partial charge on any atom is 0.282 e. The van der Waals surface area contributed by atoms with E-state index >= 15 is 0 Å². The lowest BCUT2D eigenvalue weighted by Crippen LogP contribution is -2.35.